The number of aromatic nitrogens is 2. The van der Waals surface area contributed by atoms with Crippen LogP contribution < -0.4 is 20.9 Å². The fourth-order valence-corrected chi connectivity index (χ4v) is 3.78. The third-order valence-electron chi connectivity index (χ3n) is 4.58. The molecule has 0 spiro atoms. The third-order valence-corrected chi connectivity index (χ3v) is 5.28. The molecular formula is C22H23F3N6OS2. The number of hydrogen-bond donors (Lipinski definition) is 3. The van der Waals surface area contributed by atoms with Gasteiger partial charge in [-0.25, -0.2) is 0 Å². The van der Waals surface area contributed by atoms with Crippen molar-refractivity contribution in [2.75, 3.05) is 34.4 Å². The van der Waals surface area contributed by atoms with E-state index in [-0.39, 0.29) is 28.3 Å². The van der Waals surface area contributed by atoms with Crippen LogP contribution in [0.1, 0.15) is 29.9 Å². The molecule has 0 aliphatic rings. The van der Waals surface area contributed by atoms with Crippen molar-refractivity contribution >= 4 is 57.5 Å². The largest absolute Gasteiger partial charge is 0.416 e. The van der Waals surface area contributed by atoms with E-state index in [1.54, 1.807) is 42.3 Å². The van der Waals surface area contributed by atoms with Crippen molar-refractivity contribution in [1.29, 1.82) is 0 Å². The number of amides is 1. The number of nitrogens with zero attached hydrogens (tertiary/aromatic N) is 3. The number of nitrogens with one attached hydrogen (secondary N) is 3. The number of anilines is 4. The Labute approximate surface area is 204 Å². The summed E-state index contributed by atoms with van der Waals surface area (Å²) in [5.41, 5.74) is 1.24. The predicted molar refractivity (Wildman–Crippen MR) is 134 cm³/mol. The van der Waals surface area contributed by atoms with Crippen molar-refractivity contribution in [1.82, 2.24) is 9.59 Å². The highest BCUT2D eigenvalue weighted by Crippen LogP contribution is 2.34. The molecule has 3 rings (SSSR count). The zero-order valence-electron chi connectivity index (χ0n) is 18.6. The Morgan fingerprint density at radius 2 is 1.68 bits per heavy atom. The molecule has 1 amide bonds. The van der Waals surface area contributed by atoms with E-state index < -0.39 is 11.7 Å². The molecule has 0 aliphatic heterocycles. The Kier molecular flexibility index (Phi) is 8.05. The Balaban J connectivity index is 1.68. The summed E-state index contributed by atoms with van der Waals surface area (Å²) in [4.78, 5) is 13.8. The summed E-state index contributed by atoms with van der Waals surface area (Å²) >= 11 is 6.37. The lowest BCUT2D eigenvalue weighted by Crippen LogP contribution is -2.24. The fourth-order valence-electron chi connectivity index (χ4n) is 3.11. The molecule has 7 nitrogen and oxygen atoms in total. The summed E-state index contributed by atoms with van der Waals surface area (Å²) in [7, 11) is 1.75. The Morgan fingerprint density at radius 3 is 2.24 bits per heavy atom. The molecule has 0 saturated carbocycles. The summed E-state index contributed by atoms with van der Waals surface area (Å²) in [6.07, 6.45) is -4.49. The molecule has 0 fully saturated rings. The number of halogens is 3. The van der Waals surface area contributed by atoms with E-state index in [1.165, 1.54) is 5.38 Å². The van der Waals surface area contributed by atoms with Crippen LogP contribution >= 0.6 is 23.8 Å². The van der Waals surface area contributed by atoms with Crippen LogP contribution in [-0.2, 0) is 6.18 Å². The van der Waals surface area contributed by atoms with Crippen LogP contribution in [0.2, 0.25) is 0 Å². The Hall–Kier alpha value is -3.25. The molecule has 1 heterocycles. The summed E-state index contributed by atoms with van der Waals surface area (Å²) in [5, 5.41) is 13.8. The summed E-state index contributed by atoms with van der Waals surface area (Å²) in [5.74, 6) is -0.0981. The maximum atomic E-state index is 13.4. The molecule has 0 radical (unpaired) electrons. The van der Waals surface area contributed by atoms with Gasteiger partial charge < -0.3 is 20.9 Å². The van der Waals surface area contributed by atoms with Gasteiger partial charge in [0, 0.05) is 41.7 Å². The van der Waals surface area contributed by atoms with E-state index in [9.17, 15) is 18.0 Å². The zero-order valence-corrected chi connectivity index (χ0v) is 20.2. The number of thiocarbonyl (C=S) groups is 1. The van der Waals surface area contributed by atoms with E-state index in [0.29, 0.717) is 23.6 Å². The lowest BCUT2D eigenvalue weighted by molar-refractivity contribution is -0.137. The highest BCUT2D eigenvalue weighted by molar-refractivity contribution is 7.80. The Morgan fingerprint density at radius 1 is 1.06 bits per heavy atom. The minimum Gasteiger partial charge on any atom is -0.374 e. The molecule has 180 valence electrons. The molecule has 0 unspecified atom stereocenters. The molecular weight excluding hydrogens is 485 g/mol. The Bertz CT molecular complexity index is 1130. The second-order valence-corrected chi connectivity index (χ2v) is 8.96. The number of rotatable bonds is 7. The molecule has 34 heavy (non-hydrogen) atoms. The number of hydrogen-bond acceptors (Lipinski definition) is 6. The van der Waals surface area contributed by atoms with Gasteiger partial charge in [-0.15, -0.1) is 5.10 Å². The predicted octanol–water partition coefficient (Wildman–Crippen LogP) is 5.71. The van der Waals surface area contributed by atoms with Gasteiger partial charge in [0.1, 0.15) is 0 Å². The molecule has 3 aromatic rings. The lowest BCUT2D eigenvalue weighted by Gasteiger charge is -2.24. The van der Waals surface area contributed by atoms with Gasteiger partial charge >= 0.3 is 6.18 Å². The van der Waals surface area contributed by atoms with Crippen LogP contribution in [0.25, 0.3) is 0 Å². The average Bonchev–Trinajstić information content (AvgIpc) is 3.29. The summed E-state index contributed by atoms with van der Waals surface area (Å²) in [6, 6.07) is 10.4. The van der Waals surface area contributed by atoms with E-state index in [0.717, 1.165) is 23.7 Å². The molecule has 1 aromatic heterocycles. The molecule has 0 atom stereocenters. The first-order valence-corrected chi connectivity index (χ1v) is 11.5. The number of benzene rings is 2. The van der Waals surface area contributed by atoms with E-state index in [4.69, 9.17) is 12.2 Å². The van der Waals surface area contributed by atoms with Gasteiger partial charge in [-0.1, -0.05) is 18.3 Å². The zero-order chi connectivity index (χ0) is 24.9. The highest BCUT2D eigenvalue weighted by atomic mass is 32.1. The molecule has 2 aromatic carbocycles. The van der Waals surface area contributed by atoms with Crippen molar-refractivity contribution in [3.8, 4) is 0 Å². The smallest absolute Gasteiger partial charge is 0.374 e. The van der Waals surface area contributed by atoms with E-state index in [2.05, 4.69) is 25.5 Å². The van der Waals surface area contributed by atoms with Gasteiger partial charge in [0.15, 0.2) is 10.8 Å². The quantitative estimate of drug-likeness (QED) is 0.353. The number of carbonyl (C=O) groups excluding carboxylic acids is 1. The van der Waals surface area contributed by atoms with Gasteiger partial charge in [-0.05, 0) is 72.1 Å². The van der Waals surface area contributed by atoms with Crippen LogP contribution in [0.3, 0.4) is 0 Å². The normalized spacial score (nSPS) is 11.3. The van der Waals surface area contributed by atoms with Crippen LogP contribution in [0, 0.1) is 5.92 Å². The van der Waals surface area contributed by atoms with Crippen molar-refractivity contribution in [3.63, 3.8) is 0 Å². The highest BCUT2D eigenvalue weighted by Gasteiger charge is 2.31. The van der Waals surface area contributed by atoms with Crippen LogP contribution in [0.4, 0.5) is 35.9 Å². The van der Waals surface area contributed by atoms with Gasteiger partial charge in [0.25, 0.3) is 5.91 Å². The van der Waals surface area contributed by atoms with Crippen LogP contribution in [0.15, 0.2) is 47.8 Å². The SMILES string of the molecule is CC(C)CN(C)c1cc(NC(=S)Nc2ccc(NC(=O)c3csnn3)cc2)cc(C(F)(F)F)c1. The second-order valence-electron chi connectivity index (χ2n) is 7.94. The maximum absolute atomic E-state index is 13.4. The minimum absolute atomic E-state index is 0.127. The van der Waals surface area contributed by atoms with Crippen molar-refractivity contribution in [2.24, 2.45) is 5.92 Å². The van der Waals surface area contributed by atoms with Crippen molar-refractivity contribution in [3.05, 3.63) is 59.1 Å². The lowest BCUT2D eigenvalue weighted by atomic mass is 10.1. The average molecular weight is 509 g/mol. The topological polar surface area (TPSA) is 82.2 Å². The summed E-state index contributed by atoms with van der Waals surface area (Å²) in [6.45, 7) is 4.59. The van der Waals surface area contributed by atoms with Crippen LogP contribution in [0.5, 0.6) is 0 Å². The van der Waals surface area contributed by atoms with Gasteiger partial charge in [0.2, 0.25) is 0 Å². The second kappa shape index (κ2) is 10.8. The minimum atomic E-state index is -4.49. The standard InChI is InChI=1S/C22H23F3N6OS2/c1-13(2)11-31(3)18-9-14(22(23,24)25)8-17(10-18)28-21(33)27-16-6-4-15(5-7-16)26-20(32)19-12-34-30-29-19/h4-10,12-13H,11H2,1-3H3,(H,26,32)(H2,27,28,33). The number of alkyl halides is 3. The van der Waals surface area contributed by atoms with Gasteiger partial charge in [-0.3, -0.25) is 4.79 Å². The first kappa shape index (κ1) is 25.4. The van der Waals surface area contributed by atoms with E-state index >= 15 is 0 Å². The van der Waals surface area contributed by atoms with Gasteiger partial charge in [-0.2, -0.15) is 13.2 Å². The number of carbonyl (C=O) groups is 1. The van der Waals surface area contributed by atoms with E-state index in [1.807, 2.05) is 13.8 Å². The first-order chi connectivity index (χ1) is 16.0. The fraction of sp³-hybridized carbons (Fsp3) is 0.273. The molecule has 12 heteroatoms. The first-order valence-electron chi connectivity index (χ1n) is 10.2. The molecule has 0 aliphatic carbocycles. The van der Waals surface area contributed by atoms with Crippen molar-refractivity contribution in [2.45, 2.75) is 20.0 Å². The third kappa shape index (κ3) is 7.12. The maximum Gasteiger partial charge on any atom is 0.416 e. The monoisotopic (exact) mass is 508 g/mol. The molecule has 0 bridgehead atoms. The molecule has 0 saturated heterocycles. The van der Waals surface area contributed by atoms with Crippen molar-refractivity contribution < 1.29 is 18.0 Å². The van der Waals surface area contributed by atoms with Gasteiger partial charge in [0.05, 0.1) is 5.56 Å². The van der Waals surface area contributed by atoms with Crippen LogP contribution in [-0.4, -0.2) is 34.2 Å². The molecule has 3 N–H and O–H groups in total. The summed E-state index contributed by atoms with van der Waals surface area (Å²) < 4.78 is 44.0.